The number of hydrogen-bond donors (Lipinski definition) is 1. The van der Waals surface area contributed by atoms with Gasteiger partial charge in [-0.15, -0.1) is 6.58 Å². The Morgan fingerprint density at radius 3 is 2.44 bits per heavy atom. The molecule has 0 amide bonds. The van der Waals surface area contributed by atoms with Crippen LogP contribution in [0.3, 0.4) is 0 Å². The number of allylic oxidation sites excluding steroid dienone is 1. The van der Waals surface area contributed by atoms with E-state index in [0.717, 1.165) is 13.0 Å². The van der Waals surface area contributed by atoms with E-state index in [1.807, 2.05) is 6.08 Å². The molecular weight excluding hydrogens is 245 g/mol. The summed E-state index contributed by atoms with van der Waals surface area (Å²) in [7, 11) is 0. The third kappa shape index (κ3) is 4.37. The fourth-order valence-corrected chi connectivity index (χ4v) is 1.67. The quantitative estimate of drug-likeness (QED) is 0.646. The largest absolute Gasteiger partial charge is 0.354 e. The molecule has 0 atom stereocenters. The summed E-state index contributed by atoms with van der Waals surface area (Å²) in [6.07, 6.45) is 2.81. The molecule has 0 aromatic carbocycles. The fraction of sp³-hybridized carbons (Fsp3) is 0.455. The van der Waals surface area contributed by atoms with Gasteiger partial charge in [0.2, 0.25) is 5.95 Å². The van der Waals surface area contributed by atoms with Gasteiger partial charge in [-0.3, -0.25) is 0 Å². The molecule has 0 bridgehead atoms. The number of aromatic nitrogens is 2. The number of anilines is 1. The van der Waals surface area contributed by atoms with Crippen LogP contribution >= 0.6 is 23.2 Å². The molecule has 1 aromatic rings. The fourth-order valence-electron chi connectivity index (χ4n) is 1.25. The Morgan fingerprint density at radius 1 is 1.38 bits per heavy atom. The molecule has 1 heterocycles. The van der Waals surface area contributed by atoms with Crippen molar-refractivity contribution in [2.45, 2.75) is 20.3 Å². The van der Waals surface area contributed by atoms with Crippen LogP contribution in [0, 0.1) is 5.41 Å². The first kappa shape index (κ1) is 13.3. The number of halogens is 2. The van der Waals surface area contributed by atoms with Gasteiger partial charge in [-0.2, -0.15) is 0 Å². The molecule has 0 unspecified atom stereocenters. The number of nitrogens with zero attached hydrogens (tertiary/aromatic N) is 2. The predicted octanol–water partition coefficient (Wildman–Crippen LogP) is 3.80. The van der Waals surface area contributed by atoms with Crippen molar-refractivity contribution < 1.29 is 0 Å². The number of hydrogen-bond acceptors (Lipinski definition) is 3. The SMILES string of the molecule is C=CCC(C)(C)CNc1nc(Cl)cc(Cl)n1. The van der Waals surface area contributed by atoms with E-state index < -0.39 is 0 Å². The van der Waals surface area contributed by atoms with Crippen LogP contribution in [0.5, 0.6) is 0 Å². The average Bonchev–Trinajstić information content (AvgIpc) is 2.13. The van der Waals surface area contributed by atoms with Crippen LogP contribution in [0.15, 0.2) is 18.7 Å². The minimum atomic E-state index is 0.0971. The van der Waals surface area contributed by atoms with Crippen LogP contribution in [-0.4, -0.2) is 16.5 Å². The van der Waals surface area contributed by atoms with E-state index in [4.69, 9.17) is 23.2 Å². The zero-order valence-corrected chi connectivity index (χ0v) is 10.9. The minimum Gasteiger partial charge on any atom is -0.354 e. The van der Waals surface area contributed by atoms with E-state index in [0.29, 0.717) is 16.3 Å². The Kier molecular flexibility index (Phi) is 4.56. The van der Waals surface area contributed by atoms with Crippen molar-refractivity contribution in [1.29, 1.82) is 0 Å². The summed E-state index contributed by atoms with van der Waals surface area (Å²) in [5.74, 6) is 0.453. The Bertz CT molecular complexity index is 357. The molecule has 1 N–H and O–H groups in total. The zero-order valence-electron chi connectivity index (χ0n) is 9.43. The minimum absolute atomic E-state index is 0.0971. The van der Waals surface area contributed by atoms with Crippen LogP contribution in [0.2, 0.25) is 10.3 Å². The highest BCUT2D eigenvalue weighted by Gasteiger charge is 2.16. The second-order valence-electron chi connectivity index (χ2n) is 4.35. The third-order valence-corrected chi connectivity index (χ3v) is 2.47. The second kappa shape index (κ2) is 5.51. The number of rotatable bonds is 5. The van der Waals surface area contributed by atoms with Crippen LogP contribution in [0.1, 0.15) is 20.3 Å². The molecule has 0 spiro atoms. The van der Waals surface area contributed by atoms with Crippen LogP contribution < -0.4 is 5.32 Å². The molecule has 88 valence electrons. The van der Waals surface area contributed by atoms with Crippen molar-refractivity contribution in [1.82, 2.24) is 9.97 Å². The topological polar surface area (TPSA) is 37.8 Å². The van der Waals surface area contributed by atoms with Gasteiger partial charge in [-0.25, -0.2) is 9.97 Å². The highest BCUT2D eigenvalue weighted by atomic mass is 35.5. The van der Waals surface area contributed by atoms with Crippen molar-refractivity contribution in [3.05, 3.63) is 29.0 Å². The lowest BCUT2D eigenvalue weighted by Gasteiger charge is -2.23. The van der Waals surface area contributed by atoms with Crippen LogP contribution in [0.4, 0.5) is 5.95 Å². The lowest BCUT2D eigenvalue weighted by Crippen LogP contribution is -2.23. The highest BCUT2D eigenvalue weighted by molar-refractivity contribution is 6.33. The van der Waals surface area contributed by atoms with Gasteiger partial charge in [-0.1, -0.05) is 43.1 Å². The first-order valence-corrected chi connectivity index (χ1v) is 5.73. The van der Waals surface area contributed by atoms with E-state index in [2.05, 4.69) is 35.7 Å². The Balaban J connectivity index is 2.63. The molecule has 0 radical (unpaired) electrons. The summed E-state index contributed by atoms with van der Waals surface area (Å²) in [6, 6.07) is 1.50. The second-order valence-corrected chi connectivity index (χ2v) is 5.12. The van der Waals surface area contributed by atoms with Crippen LogP contribution in [0.25, 0.3) is 0 Å². The van der Waals surface area contributed by atoms with Gasteiger partial charge < -0.3 is 5.32 Å². The Labute approximate surface area is 106 Å². The molecule has 1 rings (SSSR count). The van der Waals surface area contributed by atoms with Gasteiger partial charge >= 0.3 is 0 Å². The van der Waals surface area contributed by atoms with E-state index in [9.17, 15) is 0 Å². The van der Waals surface area contributed by atoms with E-state index in [1.165, 1.54) is 6.07 Å². The van der Waals surface area contributed by atoms with Crippen molar-refractivity contribution in [3.8, 4) is 0 Å². The molecule has 1 aromatic heterocycles. The van der Waals surface area contributed by atoms with Gasteiger partial charge in [-0.05, 0) is 11.8 Å². The molecular formula is C11H15Cl2N3. The van der Waals surface area contributed by atoms with E-state index >= 15 is 0 Å². The molecule has 0 aliphatic rings. The molecule has 5 heteroatoms. The molecule has 16 heavy (non-hydrogen) atoms. The molecule has 0 aliphatic heterocycles. The van der Waals surface area contributed by atoms with Crippen LogP contribution in [-0.2, 0) is 0 Å². The summed E-state index contributed by atoms with van der Waals surface area (Å²) in [5, 5.41) is 3.79. The maximum absolute atomic E-state index is 5.77. The van der Waals surface area contributed by atoms with Gasteiger partial charge in [0, 0.05) is 12.6 Å². The normalized spacial score (nSPS) is 11.2. The number of nitrogens with one attached hydrogen (secondary N) is 1. The predicted molar refractivity (Wildman–Crippen MR) is 69.1 cm³/mol. The first-order chi connectivity index (χ1) is 7.43. The van der Waals surface area contributed by atoms with Gasteiger partial charge in [0.25, 0.3) is 0 Å². The van der Waals surface area contributed by atoms with E-state index in [-0.39, 0.29) is 5.41 Å². The lowest BCUT2D eigenvalue weighted by molar-refractivity contribution is 0.397. The molecule has 3 nitrogen and oxygen atoms in total. The van der Waals surface area contributed by atoms with E-state index in [1.54, 1.807) is 0 Å². The lowest BCUT2D eigenvalue weighted by atomic mass is 9.89. The Morgan fingerprint density at radius 2 is 1.94 bits per heavy atom. The Hall–Kier alpha value is -0.800. The summed E-state index contributed by atoms with van der Waals surface area (Å²) < 4.78 is 0. The standard InChI is InChI=1S/C11H15Cl2N3/c1-4-5-11(2,3)7-14-10-15-8(12)6-9(13)16-10/h4,6H,1,5,7H2,2-3H3,(H,14,15,16). The summed E-state index contributed by atoms with van der Waals surface area (Å²) in [4.78, 5) is 8.06. The van der Waals surface area contributed by atoms with Crippen molar-refractivity contribution in [2.75, 3.05) is 11.9 Å². The van der Waals surface area contributed by atoms with Crippen molar-refractivity contribution in [2.24, 2.45) is 5.41 Å². The molecule has 0 aliphatic carbocycles. The van der Waals surface area contributed by atoms with Crippen molar-refractivity contribution in [3.63, 3.8) is 0 Å². The maximum atomic E-state index is 5.77. The third-order valence-electron chi connectivity index (χ3n) is 2.09. The monoisotopic (exact) mass is 259 g/mol. The van der Waals surface area contributed by atoms with Crippen molar-refractivity contribution >= 4 is 29.2 Å². The zero-order chi connectivity index (χ0) is 12.2. The summed E-state index contributed by atoms with van der Waals surface area (Å²) >= 11 is 11.5. The average molecular weight is 260 g/mol. The summed E-state index contributed by atoms with van der Waals surface area (Å²) in [5.41, 5.74) is 0.0971. The molecule has 0 saturated heterocycles. The summed E-state index contributed by atoms with van der Waals surface area (Å²) in [6.45, 7) is 8.73. The maximum Gasteiger partial charge on any atom is 0.225 e. The highest BCUT2D eigenvalue weighted by Crippen LogP contribution is 2.21. The van der Waals surface area contributed by atoms with Gasteiger partial charge in [0.1, 0.15) is 10.3 Å². The molecule has 0 saturated carbocycles. The molecule has 0 fully saturated rings. The first-order valence-electron chi connectivity index (χ1n) is 4.98. The van der Waals surface area contributed by atoms with Gasteiger partial charge in [0.05, 0.1) is 0 Å². The van der Waals surface area contributed by atoms with Gasteiger partial charge in [0.15, 0.2) is 0 Å². The smallest absolute Gasteiger partial charge is 0.225 e.